The summed E-state index contributed by atoms with van der Waals surface area (Å²) in [5.74, 6) is -0.387. The van der Waals surface area contributed by atoms with Gasteiger partial charge in [-0.2, -0.15) is 5.06 Å². The minimum Gasteiger partial charge on any atom is -0.508 e. The topological polar surface area (TPSA) is 72.8 Å². The van der Waals surface area contributed by atoms with Crippen LogP contribution in [0.5, 0.6) is 5.75 Å². The highest BCUT2D eigenvalue weighted by Crippen LogP contribution is 2.32. The molecular formula is C14H12N2O3. The number of rotatable bonds is 1. The molecule has 0 saturated heterocycles. The molecule has 19 heavy (non-hydrogen) atoms. The summed E-state index contributed by atoms with van der Waals surface area (Å²) in [5.41, 5.74) is 1.68. The van der Waals surface area contributed by atoms with Gasteiger partial charge < -0.3 is 10.4 Å². The first-order valence-electron chi connectivity index (χ1n) is 5.84. The number of phenolic OH excluding ortho intramolecular Hbond substituents is 1. The second-order valence-corrected chi connectivity index (χ2v) is 4.34. The SMILES string of the molecule is O=C1c2ccccc2N[C@H](c2cccc(O)c2)N1O. The van der Waals surface area contributed by atoms with E-state index in [0.29, 0.717) is 21.9 Å². The Morgan fingerprint density at radius 3 is 2.68 bits per heavy atom. The first-order valence-corrected chi connectivity index (χ1v) is 5.84. The molecule has 0 bridgehead atoms. The van der Waals surface area contributed by atoms with Crippen molar-refractivity contribution in [2.45, 2.75) is 6.17 Å². The molecule has 1 heterocycles. The maximum atomic E-state index is 12.1. The Morgan fingerprint density at radius 1 is 1.11 bits per heavy atom. The van der Waals surface area contributed by atoms with Crippen molar-refractivity contribution < 1.29 is 15.1 Å². The van der Waals surface area contributed by atoms with Gasteiger partial charge in [-0.05, 0) is 24.3 Å². The van der Waals surface area contributed by atoms with Crippen LogP contribution in [0.3, 0.4) is 0 Å². The summed E-state index contributed by atoms with van der Waals surface area (Å²) >= 11 is 0. The molecule has 1 atom stereocenters. The van der Waals surface area contributed by atoms with E-state index >= 15 is 0 Å². The molecule has 0 radical (unpaired) electrons. The summed E-state index contributed by atoms with van der Waals surface area (Å²) in [6.07, 6.45) is -0.713. The lowest BCUT2D eigenvalue weighted by Crippen LogP contribution is -2.40. The van der Waals surface area contributed by atoms with Crippen molar-refractivity contribution >= 4 is 11.6 Å². The predicted molar refractivity (Wildman–Crippen MR) is 68.9 cm³/mol. The van der Waals surface area contributed by atoms with Gasteiger partial charge in [-0.25, -0.2) is 0 Å². The number of hydrogen-bond donors (Lipinski definition) is 3. The summed E-state index contributed by atoms with van der Waals surface area (Å²) in [5, 5.41) is 23.1. The number of hydroxylamine groups is 2. The van der Waals surface area contributed by atoms with Gasteiger partial charge in [0.05, 0.1) is 5.56 Å². The molecule has 0 spiro atoms. The Kier molecular flexibility index (Phi) is 2.61. The van der Waals surface area contributed by atoms with Crippen molar-refractivity contribution in [2.24, 2.45) is 0 Å². The maximum Gasteiger partial charge on any atom is 0.281 e. The van der Waals surface area contributed by atoms with E-state index in [4.69, 9.17) is 0 Å². The molecule has 0 saturated carbocycles. The first-order chi connectivity index (χ1) is 9.16. The number of aromatic hydroxyl groups is 1. The third-order valence-corrected chi connectivity index (χ3v) is 3.09. The Bertz CT molecular complexity index is 642. The van der Waals surface area contributed by atoms with E-state index in [-0.39, 0.29) is 5.75 Å². The van der Waals surface area contributed by atoms with Gasteiger partial charge in [0.1, 0.15) is 5.75 Å². The molecule has 0 aliphatic carbocycles. The van der Waals surface area contributed by atoms with Crippen LogP contribution < -0.4 is 5.32 Å². The molecule has 96 valence electrons. The van der Waals surface area contributed by atoms with Crippen LogP contribution in [0.1, 0.15) is 22.1 Å². The molecule has 5 nitrogen and oxygen atoms in total. The van der Waals surface area contributed by atoms with E-state index in [1.165, 1.54) is 12.1 Å². The van der Waals surface area contributed by atoms with Crippen LogP contribution in [0, 0.1) is 0 Å². The van der Waals surface area contributed by atoms with Crippen LogP contribution in [-0.4, -0.2) is 21.3 Å². The Balaban J connectivity index is 2.04. The molecule has 1 aliphatic rings. The average molecular weight is 256 g/mol. The molecule has 3 N–H and O–H groups in total. The van der Waals surface area contributed by atoms with Crippen molar-refractivity contribution in [1.29, 1.82) is 0 Å². The number of nitrogens with zero attached hydrogens (tertiary/aromatic N) is 1. The number of hydrogen-bond acceptors (Lipinski definition) is 4. The van der Waals surface area contributed by atoms with Gasteiger partial charge in [-0.3, -0.25) is 10.0 Å². The zero-order valence-corrected chi connectivity index (χ0v) is 9.95. The highest BCUT2D eigenvalue weighted by atomic mass is 16.5. The minimum atomic E-state index is -0.713. The van der Waals surface area contributed by atoms with E-state index in [1.807, 2.05) is 6.07 Å². The number of anilines is 1. The van der Waals surface area contributed by atoms with Crippen LogP contribution in [0.25, 0.3) is 0 Å². The maximum absolute atomic E-state index is 12.1. The molecule has 1 amide bonds. The average Bonchev–Trinajstić information content (AvgIpc) is 2.43. The van der Waals surface area contributed by atoms with Gasteiger partial charge in [0.2, 0.25) is 0 Å². The Hall–Kier alpha value is -2.53. The number of carbonyl (C=O) groups is 1. The van der Waals surface area contributed by atoms with Crippen LogP contribution in [0.15, 0.2) is 48.5 Å². The summed E-state index contributed by atoms with van der Waals surface area (Å²) in [6, 6.07) is 13.4. The third-order valence-electron chi connectivity index (χ3n) is 3.09. The molecule has 0 unspecified atom stereocenters. The quantitative estimate of drug-likeness (QED) is 0.685. The fourth-order valence-electron chi connectivity index (χ4n) is 2.16. The van der Waals surface area contributed by atoms with E-state index in [1.54, 1.807) is 30.3 Å². The summed E-state index contributed by atoms with van der Waals surface area (Å²) < 4.78 is 0. The molecule has 2 aromatic carbocycles. The lowest BCUT2D eigenvalue weighted by Gasteiger charge is -2.33. The van der Waals surface area contributed by atoms with Crippen LogP contribution in [0.4, 0.5) is 5.69 Å². The molecule has 1 aliphatic heterocycles. The smallest absolute Gasteiger partial charge is 0.281 e. The Morgan fingerprint density at radius 2 is 1.89 bits per heavy atom. The van der Waals surface area contributed by atoms with Crippen molar-refractivity contribution in [3.63, 3.8) is 0 Å². The number of para-hydroxylation sites is 1. The number of phenols is 1. The lowest BCUT2D eigenvalue weighted by molar-refractivity contribution is -0.0851. The summed E-state index contributed by atoms with van der Waals surface area (Å²) in [4.78, 5) is 12.1. The highest BCUT2D eigenvalue weighted by Gasteiger charge is 2.31. The fourth-order valence-corrected chi connectivity index (χ4v) is 2.16. The summed E-state index contributed by atoms with van der Waals surface area (Å²) in [7, 11) is 0. The second kappa shape index (κ2) is 4.29. The number of benzene rings is 2. The monoisotopic (exact) mass is 256 g/mol. The van der Waals surface area contributed by atoms with Crippen molar-refractivity contribution in [3.05, 3.63) is 59.7 Å². The third kappa shape index (κ3) is 1.90. The van der Waals surface area contributed by atoms with Gasteiger partial charge in [0, 0.05) is 11.3 Å². The molecule has 0 aromatic heterocycles. The molecular weight excluding hydrogens is 244 g/mol. The zero-order valence-electron chi connectivity index (χ0n) is 9.95. The van der Waals surface area contributed by atoms with Crippen molar-refractivity contribution in [1.82, 2.24) is 5.06 Å². The van der Waals surface area contributed by atoms with Crippen molar-refractivity contribution in [2.75, 3.05) is 5.32 Å². The number of nitrogens with one attached hydrogen (secondary N) is 1. The van der Waals surface area contributed by atoms with E-state index in [0.717, 1.165) is 0 Å². The van der Waals surface area contributed by atoms with Crippen LogP contribution in [0.2, 0.25) is 0 Å². The van der Waals surface area contributed by atoms with E-state index < -0.39 is 12.1 Å². The lowest BCUT2D eigenvalue weighted by atomic mass is 10.1. The molecule has 0 fully saturated rings. The van der Waals surface area contributed by atoms with Gasteiger partial charge in [0.15, 0.2) is 6.17 Å². The van der Waals surface area contributed by atoms with Crippen LogP contribution in [-0.2, 0) is 0 Å². The van der Waals surface area contributed by atoms with E-state index in [9.17, 15) is 15.1 Å². The molecule has 5 heteroatoms. The summed E-state index contributed by atoms with van der Waals surface area (Å²) in [6.45, 7) is 0. The highest BCUT2D eigenvalue weighted by molar-refractivity contribution is 6.00. The number of amides is 1. The standard InChI is InChI=1S/C14H12N2O3/c17-10-5-3-4-9(8-10)13-15-12-7-2-1-6-11(12)14(18)16(13)19/h1-8,13,15,17,19H/t13-/m0/s1. The largest absolute Gasteiger partial charge is 0.508 e. The van der Waals surface area contributed by atoms with Gasteiger partial charge >= 0.3 is 0 Å². The predicted octanol–water partition coefficient (Wildman–Crippen LogP) is 2.35. The van der Waals surface area contributed by atoms with Crippen LogP contribution >= 0.6 is 0 Å². The fraction of sp³-hybridized carbons (Fsp3) is 0.0714. The molecule has 2 aromatic rings. The number of carbonyl (C=O) groups excluding carboxylic acids is 1. The first kappa shape index (κ1) is 11.6. The van der Waals surface area contributed by atoms with Gasteiger partial charge in [0.25, 0.3) is 5.91 Å². The van der Waals surface area contributed by atoms with Gasteiger partial charge in [-0.1, -0.05) is 24.3 Å². The second-order valence-electron chi connectivity index (χ2n) is 4.34. The Labute approximate surface area is 109 Å². The van der Waals surface area contributed by atoms with E-state index in [2.05, 4.69) is 5.32 Å². The van der Waals surface area contributed by atoms with Crippen molar-refractivity contribution in [3.8, 4) is 5.75 Å². The minimum absolute atomic E-state index is 0.0824. The molecule has 3 rings (SSSR count). The zero-order chi connectivity index (χ0) is 13.4. The number of fused-ring (bicyclic) bond motifs is 1. The van der Waals surface area contributed by atoms with Gasteiger partial charge in [-0.15, -0.1) is 0 Å². The normalized spacial score (nSPS) is 17.8.